The van der Waals surface area contributed by atoms with Gasteiger partial charge in [-0.25, -0.2) is 0 Å². The molecule has 4 rings (SSSR count). The Morgan fingerprint density at radius 2 is 2.30 bits per heavy atom. The van der Waals surface area contributed by atoms with E-state index in [2.05, 4.69) is 14.6 Å². The van der Waals surface area contributed by atoms with E-state index in [1.807, 2.05) is 24.0 Å². The van der Waals surface area contributed by atoms with Crippen LogP contribution in [-0.2, 0) is 16.1 Å². The minimum absolute atomic E-state index is 0.0289. The van der Waals surface area contributed by atoms with Crippen molar-refractivity contribution < 1.29 is 14.3 Å². The van der Waals surface area contributed by atoms with Crippen LogP contribution in [0.1, 0.15) is 40.2 Å². The van der Waals surface area contributed by atoms with Gasteiger partial charge in [-0.15, -0.1) is 5.10 Å². The van der Waals surface area contributed by atoms with Crippen LogP contribution in [0.5, 0.6) is 0 Å². The second-order valence-electron chi connectivity index (χ2n) is 7.37. The molecule has 1 amide bonds. The molecule has 4 heterocycles. The third-order valence-electron chi connectivity index (χ3n) is 5.54. The van der Waals surface area contributed by atoms with Gasteiger partial charge in [0.2, 0.25) is 0 Å². The second-order valence-corrected chi connectivity index (χ2v) is 8.32. The molecule has 0 N–H and O–H groups in total. The highest BCUT2D eigenvalue weighted by molar-refractivity contribution is 7.05. The van der Waals surface area contributed by atoms with Gasteiger partial charge < -0.3 is 14.4 Å². The smallest absolute Gasteiger partial charge is 0.275 e. The lowest BCUT2D eigenvalue weighted by molar-refractivity contribution is -0.148. The normalized spacial score (nSPS) is 25.2. The summed E-state index contributed by atoms with van der Waals surface area (Å²) < 4.78 is 16.1. The molecule has 0 bridgehead atoms. The van der Waals surface area contributed by atoms with E-state index < -0.39 is 0 Å². The van der Waals surface area contributed by atoms with E-state index in [-0.39, 0.29) is 17.4 Å². The Hall–Kier alpha value is -1.90. The van der Waals surface area contributed by atoms with E-state index in [9.17, 15) is 4.79 Å². The zero-order valence-corrected chi connectivity index (χ0v) is 16.3. The minimum atomic E-state index is -0.156. The van der Waals surface area contributed by atoms with Crippen molar-refractivity contribution in [1.82, 2.24) is 19.5 Å². The number of fused-ring (bicyclic) bond motifs is 1. The Kier molecular flexibility index (Phi) is 5.47. The third kappa shape index (κ3) is 3.88. The van der Waals surface area contributed by atoms with E-state index >= 15 is 0 Å². The molecule has 7 nitrogen and oxygen atoms in total. The molecule has 0 unspecified atom stereocenters. The first-order chi connectivity index (χ1) is 13.2. The molecule has 0 aliphatic carbocycles. The van der Waals surface area contributed by atoms with Crippen molar-refractivity contribution in [1.29, 1.82) is 0 Å². The summed E-state index contributed by atoms with van der Waals surface area (Å²) in [5.74, 6) is -0.0289. The molecular weight excluding hydrogens is 364 g/mol. The molecule has 144 valence electrons. The van der Waals surface area contributed by atoms with Gasteiger partial charge in [0.15, 0.2) is 5.69 Å². The summed E-state index contributed by atoms with van der Waals surface area (Å²) in [7, 11) is 0. The number of pyridine rings is 1. The number of ether oxygens (including phenoxy) is 2. The van der Waals surface area contributed by atoms with Gasteiger partial charge in [0.1, 0.15) is 0 Å². The fourth-order valence-electron chi connectivity index (χ4n) is 4.10. The van der Waals surface area contributed by atoms with Crippen LogP contribution >= 0.6 is 11.5 Å². The fraction of sp³-hybridized carbons (Fsp3) is 0.579. The average Bonchev–Trinajstić information content (AvgIpc) is 3.13. The number of hydrogen-bond acceptors (Lipinski definition) is 7. The Bertz CT molecular complexity index is 784. The van der Waals surface area contributed by atoms with Crippen molar-refractivity contribution in [2.45, 2.75) is 38.9 Å². The lowest BCUT2D eigenvalue weighted by Gasteiger charge is -2.50. The number of piperidine rings is 1. The van der Waals surface area contributed by atoms with Crippen LogP contribution in [-0.4, -0.2) is 57.8 Å². The number of carbonyl (C=O) groups excluding carboxylic acids is 1. The molecule has 0 spiro atoms. The van der Waals surface area contributed by atoms with Crippen LogP contribution in [0, 0.1) is 12.3 Å². The molecular formula is C19H24N4O3S. The molecule has 8 heteroatoms. The summed E-state index contributed by atoms with van der Waals surface area (Å²) in [5.41, 5.74) is 1.42. The van der Waals surface area contributed by atoms with Crippen LogP contribution in [0.25, 0.3) is 0 Å². The van der Waals surface area contributed by atoms with Gasteiger partial charge in [-0.05, 0) is 55.4 Å². The number of rotatable bonds is 5. The summed E-state index contributed by atoms with van der Waals surface area (Å²) >= 11 is 1.27. The first-order valence-electron chi connectivity index (χ1n) is 9.34. The maximum absolute atomic E-state index is 12.9. The Morgan fingerprint density at radius 3 is 3.07 bits per heavy atom. The van der Waals surface area contributed by atoms with Crippen molar-refractivity contribution >= 4 is 17.4 Å². The highest BCUT2D eigenvalue weighted by Crippen LogP contribution is 2.41. The number of aromatic nitrogens is 3. The third-order valence-corrected chi connectivity index (χ3v) is 6.17. The van der Waals surface area contributed by atoms with Gasteiger partial charge in [0, 0.05) is 37.5 Å². The lowest BCUT2D eigenvalue weighted by atomic mass is 9.73. The van der Waals surface area contributed by atoms with E-state index in [0.717, 1.165) is 36.3 Å². The van der Waals surface area contributed by atoms with Crippen LogP contribution in [0.3, 0.4) is 0 Å². The van der Waals surface area contributed by atoms with Crippen molar-refractivity contribution in [2.75, 3.05) is 26.3 Å². The van der Waals surface area contributed by atoms with Gasteiger partial charge in [0.25, 0.3) is 5.91 Å². The quantitative estimate of drug-likeness (QED) is 0.783. The SMILES string of the molecule is Cc1snnc1C(=O)N1CC[C@@H]2OCCC[C@@]2(COCc2ccncc2)C1. The number of nitrogens with zero attached hydrogens (tertiary/aromatic N) is 4. The predicted octanol–water partition coefficient (Wildman–Crippen LogP) is 2.47. The molecule has 2 aliphatic rings. The molecule has 2 fully saturated rings. The lowest BCUT2D eigenvalue weighted by Crippen LogP contribution is -2.58. The first-order valence-corrected chi connectivity index (χ1v) is 10.1. The maximum atomic E-state index is 12.9. The number of likely N-dealkylation sites (tertiary alicyclic amines) is 1. The summed E-state index contributed by atoms with van der Waals surface area (Å²) in [4.78, 5) is 19.7. The second kappa shape index (κ2) is 8.00. The van der Waals surface area contributed by atoms with Gasteiger partial charge in [-0.2, -0.15) is 0 Å². The molecule has 0 saturated carbocycles. The van der Waals surface area contributed by atoms with E-state index in [0.29, 0.717) is 32.0 Å². The largest absolute Gasteiger partial charge is 0.377 e. The van der Waals surface area contributed by atoms with Crippen LogP contribution in [0.4, 0.5) is 0 Å². The average molecular weight is 388 g/mol. The molecule has 2 aromatic heterocycles. The fourth-order valence-corrected chi connectivity index (χ4v) is 4.56. The molecule has 0 radical (unpaired) electrons. The van der Waals surface area contributed by atoms with Gasteiger partial charge in [0.05, 0.1) is 24.2 Å². The summed E-state index contributed by atoms with van der Waals surface area (Å²) in [6, 6.07) is 3.92. The zero-order valence-electron chi connectivity index (χ0n) is 15.5. The van der Waals surface area contributed by atoms with Gasteiger partial charge in [-0.1, -0.05) is 4.49 Å². The predicted molar refractivity (Wildman–Crippen MR) is 100 cm³/mol. The summed E-state index contributed by atoms with van der Waals surface area (Å²) in [6.07, 6.45) is 6.52. The molecule has 2 aliphatic heterocycles. The number of aryl methyl sites for hydroxylation is 1. The monoisotopic (exact) mass is 388 g/mol. The minimum Gasteiger partial charge on any atom is -0.377 e. The van der Waals surface area contributed by atoms with Crippen LogP contribution in [0.2, 0.25) is 0 Å². The standard InChI is InChI=1S/C19H24N4O3S/c1-14-17(21-22-27-14)18(24)23-9-5-16-19(12-23,6-2-10-26-16)13-25-11-15-3-7-20-8-4-15/h3-4,7-8,16H,2,5-6,9-13H2,1H3/t16-,19-/m0/s1. The molecule has 0 aromatic carbocycles. The van der Waals surface area contributed by atoms with E-state index in [1.54, 1.807) is 12.4 Å². The van der Waals surface area contributed by atoms with Crippen molar-refractivity contribution in [2.24, 2.45) is 5.41 Å². The Morgan fingerprint density at radius 1 is 1.44 bits per heavy atom. The Labute approximate surface area is 162 Å². The summed E-state index contributed by atoms with van der Waals surface area (Å²) in [5, 5.41) is 4.03. The number of carbonyl (C=O) groups is 1. The summed E-state index contributed by atoms with van der Waals surface area (Å²) in [6.45, 7) is 5.14. The van der Waals surface area contributed by atoms with Crippen molar-refractivity contribution in [3.8, 4) is 0 Å². The molecule has 2 saturated heterocycles. The number of hydrogen-bond donors (Lipinski definition) is 0. The highest BCUT2D eigenvalue weighted by atomic mass is 32.1. The Balaban J connectivity index is 1.46. The van der Waals surface area contributed by atoms with Crippen molar-refractivity contribution in [3.05, 3.63) is 40.7 Å². The van der Waals surface area contributed by atoms with E-state index in [1.165, 1.54) is 11.5 Å². The van der Waals surface area contributed by atoms with Gasteiger partial charge in [-0.3, -0.25) is 9.78 Å². The van der Waals surface area contributed by atoms with E-state index in [4.69, 9.17) is 9.47 Å². The molecule has 2 atom stereocenters. The van der Waals surface area contributed by atoms with Crippen LogP contribution < -0.4 is 0 Å². The molecule has 2 aromatic rings. The van der Waals surface area contributed by atoms with Crippen molar-refractivity contribution in [3.63, 3.8) is 0 Å². The van der Waals surface area contributed by atoms with Crippen LogP contribution in [0.15, 0.2) is 24.5 Å². The first kappa shape index (κ1) is 18.5. The highest BCUT2D eigenvalue weighted by Gasteiger charge is 2.47. The maximum Gasteiger partial charge on any atom is 0.275 e. The topological polar surface area (TPSA) is 77.4 Å². The zero-order chi connectivity index (χ0) is 18.7. The van der Waals surface area contributed by atoms with Gasteiger partial charge >= 0.3 is 0 Å². The number of amides is 1. The molecule has 27 heavy (non-hydrogen) atoms.